The van der Waals surface area contributed by atoms with Crippen molar-refractivity contribution >= 4 is 5.91 Å². The molecule has 1 amide bonds. The van der Waals surface area contributed by atoms with Gasteiger partial charge in [-0.25, -0.2) is 10.9 Å². The molecule has 7 unspecified atom stereocenters. The first-order valence-electron chi connectivity index (χ1n) is 13.0. The van der Waals surface area contributed by atoms with Gasteiger partial charge in [-0.05, 0) is 56.9 Å². The Hall–Kier alpha value is -0.980. The van der Waals surface area contributed by atoms with Crippen LogP contribution in [0.1, 0.15) is 45.4 Å². The SMILES string of the molecule is C[C@H](CC1NNCN1C)C1CC(C2CNNC2)NC(N2CC3C(CCCC3C(F)(F)F)C2=O)C1. The van der Waals surface area contributed by atoms with Crippen LogP contribution in [0.5, 0.6) is 0 Å². The van der Waals surface area contributed by atoms with Crippen molar-refractivity contribution < 1.29 is 18.0 Å². The second-order valence-corrected chi connectivity index (χ2v) is 11.3. The summed E-state index contributed by atoms with van der Waals surface area (Å²) in [7, 11) is 2.09. The summed E-state index contributed by atoms with van der Waals surface area (Å²) in [5.74, 6) is -1.26. The van der Waals surface area contributed by atoms with E-state index in [-0.39, 0.29) is 37.2 Å². The average Bonchev–Trinajstić information content (AvgIpc) is 3.54. The molecular weight excluding hydrogens is 447 g/mol. The van der Waals surface area contributed by atoms with Gasteiger partial charge < -0.3 is 4.90 Å². The quantitative estimate of drug-likeness (QED) is 0.399. The zero-order valence-corrected chi connectivity index (χ0v) is 20.2. The van der Waals surface area contributed by atoms with Gasteiger partial charge in [0, 0.05) is 37.5 Å². The number of likely N-dealkylation sites (tertiary alicyclic amines) is 1. The van der Waals surface area contributed by atoms with Crippen molar-refractivity contribution in [3.63, 3.8) is 0 Å². The topological polar surface area (TPSA) is 83.7 Å². The van der Waals surface area contributed by atoms with E-state index in [0.717, 1.165) is 39.0 Å². The first-order valence-corrected chi connectivity index (χ1v) is 13.0. The zero-order valence-electron chi connectivity index (χ0n) is 20.2. The summed E-state index contributed by atoms with van der Waals surface area (Å²) in [5.41, 5.74) is 13.0. The number of hydrogen-bond donors (Lipinski definition) is 5. The highest BCUT2D eigenvalue weighted by Crippen LogP contribution is 2.49. The highest BCUT2D eigenvalue weighted by atomic mass is 19.4. The van der Waals surface area contributed by atoms with Gasteiger partial charge in [-0.15, -0.1) is 0 Å². The molecule has 5 aliphatic rings. The maximum absolute atomic E-state index is 13.8. The van der Waals surface area contributed by atoms with Crippen molar-refractivity contribution in [3.8, 4) is 0 Å². The molecule has 4 aliphatic heterocycles. The summed E-state index contributed by atoms with van der Waals surface area (Å²) in [6.45, 7) is 5.04. The molecular formula is C23H40F3N7O. The number of alkyl halides is 3. The minimum atomic E-state index is -4.23. The summed E-state index contributed by atoms with van der Waals surface area (Å²) in [6.07, 6.45) is -0.106. The Bertz CT molecular complexity index is 734. The summed E-state index contributed by atoms with van der Waals surface area (Å²) >= 11 is 0. The molecule has 0 bridgehead atoms. The van der Waals surface area contributed by atoms with E-state index in [2.05, 4.69) is 45.9 Å². The molecule has 8 atom stereocenters. The Kier molecular flexibility index (Phi) is 7.13. The summed E-state index contributed by atoms with van der Waals surface area (Å²) in [5, 5.41) is 3.72. The number of carbonyl (C=O) groups excluding carboxylic acids is 1. The highest BCUT2D eigenvalue weighted by Gasteiger charge is 2.56. The molecule has 8 nitrogen and oxygen atoms in total. The Morgan fingerprint density at radius 1 is 1.12 bits per heavy atom. The lowest BCUT2D eigenvalue weighted by atomic mass is 9.73. The van der Waals surface area contributed by atoms with Gasteiger partial charge >= 0.3 is 6.18 Å². The van der Waals surface area contributed by atoms with Crippen LogP contribution in [0.3, 0.4) is 0 Å². The minimum absolute atomic E-state index is 0.0624. The molecule has 194 valence electrons. The second kappa shape index (κ2) is 9.82. The van der Waals surface area contributed by atoms with Crippen molar-refractivity contribution in [1.82, 2.24) is 36.8 Å². The van der Waals surface area contributed by atoms with Gasteiger partial charge in [-0.1, -0.05) is 13.3 Å². The third-order valence-electron chi connectivity index (χ3n) is 9.31. The molecule has 1 saturated carbocycles. The fraction of sp³-hybridized carbons (Fsp3) is 0.957. The van der Waals surface area contributed by atoms with Gasteiger partial charge in [0.2, 0.25) is 5.91 Å². The second-order valence-electron chi connectivity index (χ2n) is 11.3. The van der Waals surface area contributed by atoms with E-state index in [1.165, 1.54) is 0 Å². The summed E-state index contributed by atoms with van der Waals surface area (Å²) in [6, 6.07) is 0.231. The Balaban J connectivity index is 1.32. The highest BCUT2D eigenvalue weighted by molar-refractivity contribution is 5.82. The molecule has 5 fully saturated rings. The van der Waals surface area contributed by atoms with Crippen LogP contribution >= 0.6 is 0 Å². The molecule has 0 spiro atoms. The molecule has 11 heteroatoms. The van der Waals surface area contributed by atoms with E-state index < -0.39 is 23.9 Å². The Labute approximate surface area is 200 Å². The van der Waals surface area contributed by atoms with Gasteiger partial charge in [-0.2, -0.15) is 13.2 Å². The molecule has 0 aromatic rings. The summed E-state index contributed by atoms with van der Waals surface area (Å²) < 4.78 is 41.3. The number of halogens is 3. The van der Waals surface area contributed by atoms with Crippen LogP contribution in [-0.4, -0.2) is 73.6 Å². The van der Waals surface area contributed by atoms with E-state index in [9.17, 15) is 18.0 Å². The molecule has 4 heterocycles. The van der Waals surface area contributed by atoms with Crippen LogP contribution in [-0.2, 0) is 4.79 Å². The van der Waals surface area contributed by atoms with Gasteiger partial charge in [0.25, 0.3) is 0 Å². The van der Waals surface area contributed by atoms with Crippen molar-refractivity contribution in [2.45, 2.75) is 70.0 Å². The molecule has 0 radical (unpaired) electrons. The van der Waals surface area contributed by atoms with Crippen molar-refractivity contribution in [2.24, 2.45) is 35.5 Å². The fourth-order valence-electron chi connectivity index (χ4n) is 7.20. The number of hydrazine groups is 2. The fourth-order valence-corrected chi connectivity index (χ4v) is 7.20. The zero-order chi connectivity index (χ0) is 24.0. The number of amides is 1. The lowest BCUT2D eigenvalue weighted by molar-refractivity contribution is -0.198. The van der Waals surface area contributed by atoms with Crippen LogP contribution in [0.2, 0.25) is 0 Å². The number of fused-ring (bicyclic) bond motifs is 1. The maximum Gasteiger partial charge on any atom is 0.392 e. The minimum Gasteiger partial charge on any atom is -0.327 e. The number of nitrogens with one attached hydrogen (secondary N) is 5. The monoisotopic (exact) mass is 487 g/mol. The van der Waals surface area contributed by atoms with Gasteiger partial charge in [0.15, 0.2) is 0 Å². The molecule has 4 saturated heterocycles. The predicted molar refractivity (Wildman–Crippen MR) is 121 cm³/mol. The molecule has 5 rings (SSSR count). The number of rotatable bonds is 5. The van der Waals surface area contributed by atoms with Crippen molar-refractivity contribution in [3.05, 3.63) is 0 Å². The number of hydrogen-bond acceptors (Lipinski definition) is 7. The van der Waals surface area contributed by atoms with Crippen LogP contribution in [0.4, 0.5) is 13.2 Å². The Morgan fingerprint density at radius 2 is 1.88 bits per heavy atom. The normalized spacial score (nSPS) is 41.3. The van der Waals surface area contributed by atoms with Gasteiger partial charge in [0.05, 0.1) is 24.9 Å². The van der Waals surface area contributed by atoms with E-state index >= 15 is 0 Å². The van der Waals surface area contributed by atoms with Gasteiger partial charge in [0.1, 0.15) is 0 Å². The standard InChI is InChI=1S/C23H40F3N7O/c1-13(6-21-31-29-12-32(21)2)14-7-19(15-9-27-28-10-15)30-20(8-14)33-11-17-16(22(33)34)4-3-5-18(17)23(24,25)26/h13-21,27-31H,3-12H2,1-2H3/t13-,14?,16?,17?,18?,19?,20?,21?/m1/s1. The van der Waals surface area contributed by atoms with E-state index in [0.29, 0.717) is 30.6 Å². The third kappa shape index (κ3) is 4.84. The van der Waals surface area contributed by atoms with Crippen LogP contribution in [0.15, 0.2) is 0 Å². The Morgan fingerprint density at radius 3 is 2.56 bits per heavy atom. The first-order chi connectivity index (χ1) is 16.2. The van der Waals surface area contributed by atoms with E-state index in [1.54, 1.807) is 4.90 Å². The van der Waals surface area contributed by atoms with Crippen LogP contribution in [0.25, 0.3) is 0 Å². The molecule has 5 N–H and O–H groups in total. The average molecular weight is 488 g/mol. The van der Waals surface area contributed by atoms with Crippen molar-refractivity contribution in [2.75, 3.05) is 33.4 Å². The molecule has 1 aliphatic carbocycles. The maximum atomic E-state index is 13.8. The van der Waals surface area contributed by atoms with Crippen LogP contribution < -0.4 is 27.0 Å². The smallest absolute Gasteiger partial charge is 0.327 e. The van der Waals surface area contributed by atoms with E-state index in [4.69, 9.17) is 0 Å². The van der Waals surface area contributed by atoms with Crippen molar-refractivity contribution in [1.29, 1.82) is 0 Å². The molecule has 0 aromatic heterocycles. The number of nitrogens with zero attached hydrogens (tertiary/aromatic N) is 2. The lowest BCUT2D eigenvalue weighted by Crippen LogP contribution is -2.58. The number of piperidine rings is 1. The third-order valence-corrected chi connectivity index (χ3v) is 9.31. The predicted octanol–water partition coefficient (Wildman–Crippen LogP) is 1.19. The van der Waals surface area contributed by atoms with Crippen LogP contribution in [0, 0.1) is 35.5 Å². The van der Waals surface area contributed by atoms with Gasteiger partial charge in [-0.3, -0.25) is 25.9 Å². The summed E-state index contributed by atoms with van der Waals surface area (Å²) in [4.78, 5) is 17.5. The largest absolute Gasteiger partial charge is 0.392 e. The first kappa shape index (κ1) is 24.7. The molecule has 0 aromatic carbocycles. The van der Waals surface area contributed by atoms with E-state index in [1.807, 2.05) is 0 Å². The lowest BCUT2D eigenvalue weighted by Gasteiger charge is -2.45. The molecule has 34 heavy (non-hydrogen) atoms. The number of carbonyl (C=O) groups is 1.